The van der Waals surface area contributed by atoms with Gasteiger partial charge in [0.2, 0.25) is 0 Å². The molecule has 0 unspecified atom stereocenters. The Labute approximate surface area is 308 Å². The summed E-state index contributed by atoms with van der Waals surface area (Å²) in [6, 6.07) is 2.10. The fourth-order valence-electron chi connectivity index (χ4n) is 4.89. The molecule has 0 radical (unpaired) electrons. The van der Waals surface area contributed by atoms with Crippen LogP contribution in [0.15, 0.2) is 41.3 Å². The lowest BCUT2D eigenvalue weighted by atomic mass is 10.0. The lowest BCUT2D eigenvalue weighted by Gasteiger charge is -2.29. The van der Waals surface area contributed by atoms with Crippen LogP contribution in [0.2, 0.25) is 0 Å². The molecule has 0 aromatic heterocycles. The van der Waals surface area contributed by atoms with Crippen molar-refractivity contribution in [2.75, 3.05) is 13.2 Å². The third-order valence-corrected chi connectivity index (χ3v) is 11.6. The van der Waals surface area contributed by atoms with Gasteiger partial charge >= 0.3 is 42.6 Å². The third kappa shape index (κ3) is 15.7. The fourth-order valence-corrected chi connectivity index (χ4v) is 7.26. The van der Waals surface area contributed by atoms with Crippen molar-refractivity contribution in [3.8, 4) is 5.75 Å². The maximum Gasteiger partial charge on any atom is 0.450 e. The molecule has 11 nitrogen and oxygen atoms in total. The first kappa shape index (κ1) is 48.6. The van der Waals surface area contributed by atoms with E-state index in [0.717, 1.165) is 51.4 Å². The summed E-state index contributed by atoms with van der Waals surface area (Å²) in [5.41, 5.74) is 0.420. The first-order valence-corrected chi connectivity index (χ1v) is 21.6. The van der Waals surface area contributed by atoms with E-state index in [4.69, 9.17) is 13.5 Å². The molecule has 1 rings (SSSR count). The number of ether oxygens (including phenoxy) is 1. The van der Waals surface area contributed by atoms with Gasteiger partial charge in [-0.3, -0.25) is 8.74 Å². The molecule has 308 valence electrons. The van der Waals surface area contributed by atoms with Crippen molar-refractivity contribution in [1.29, 1.82) is 0 Å². The summed E-state index contributed by atoms with van der Waals surface area (Å²) in [7, 11) is -18.7. The SMILES string of the molecule is C=C(C)C(=O)OCCCCCCCCCCCCCCCCCCCCOS(=O)(=O)c1ccc(OS(=O)(=O)C(F)(F)C(F)(F)C(F)(F)S(=O)(=O)O)cc1. The maximum atomic E-state index is 14.0. The smallest absolute Gasteiger partial charge is 0.450 e. The molecule has 0 aliphatic carbocycles. The summed E-state index contributed by atoms with van der Waals surface area (Å²) in [5.74, 6) is -8.72. The number of hydrogen-bond donors (Lipinski definition) is 1. The third-order valence-electron chi connectivity index (χ3n) is 8.05. The summed E-state index contributed by atoms with van der Waals surface area (Å²) < 4.78 is 173. The highest BCUT2D eigenvalue weighted by Crippen LogP contribution is 2.51. The Bertz CT molecular complexity index is 1600. The number of benzene rings is 1. The predicted molar refractivity (Wildman–Crippen MR) is 184 cm³/mol. The molecule has 0 saturated heterocycles. The minimum atomic E-state index is -7.20. The first-order chi connectivity index (χ1) is 24.5. The lowest BCUT2D eigenvalue weighted by Crippen LogP contribution is -2.61. The zero-order valence-corrected chi connectivity index (χ0v) is 32.1. The van der Waals surface area contributed by atoms with Gasteiger partial charge in [-0.1, -0.05) is 109 Å². The Morgan fingerprint density at radius 1 is 0.623 bits per heavy atom. The van der Waals surface area contributed by atoms with Gasteiger partial charge in [0.1, 0.15) is 5.75 Å². The second-order valence-electron chi connectivity index (χ2n) is 12.6. The number of hydrogen-bond acceptors (Lipinski definition) is 10. The van der Waals surface area contributed by atoms with Gasteiger partial charge in [0.15, 0.2) is 0 Å². The summed E-state index contributed by atoms with van der Waals surface area (Å²) in [6.07, 6.45) is 19.0. The van der Waals surface area contributed by atoms with Crippen molar-refractivity contribution < 1.29 is 74.0 Å². The first-order valence-electron chi connectivity index (χ1n) is 17.4. The molecule has 0 saturated carbocycles. The molecule has 0 atom stereocenters. The largest absolute Gasteiger partial charge is 0.462 e. The van der Waals surface area contributed by atoms with E-state index >= 15 is 0 Å². The monoisotopic (exact) mass is 832 g/mol. The number of unbranched alkanes of at least 4 members (excludes halogenated alkanes) is 17. The van der Waals surface area contributed by atoms with Crippen LogP contribution in [-0.4, -0.2) is 65.4 Å². The summed E-state index contributed by atoms with van der Waals surface area (Å²) in [4.78, 5) is 10.7. The molecule has 1 N–H and O–H groups in total. The van der Waals surface area contributed by atoms with Gasteiger partial charge in [-0.05, 0) is 44.0 Å². The van der Waals surface area contributed by atoms with Crippen LogP contribution in [0.1, 0.15) is 122 Å². The van der Waals surface area contributed by atoms with Crippen LogP contribution in [0, 0.1) is 0 Å². The Hall–Kier alpha value is -2.42. The Balaban J connectivity index is 2.20. The minimum absolute atomic E-state index is 0.201. The molecule has 0 fully saturated rings. The predicted octanol–water partition coefficient (Wildman–Crippen LogP) is 8.95. The van der Waals surface area contributed by atoms with Crippen LogP contribution in [-0.2, 0) is 44.1 Å². The number of carbonyl (C=O) groups is 1. The van der Waals surface area contributed by atoms with Crippen LogP contribution < -0.4 is 4.18 Å². The number of alkyl halides is 6. The van der Waals surface area contributed by atoms with Gasteiger partial charge in [0.25, 0.3) is 10.1 Å². The Kier molecular flexibility index (Phi) is 20.4. The highest BCUT2D eigenvalue weighted by atomic mass is 32.2. The van der Waals surface area contributed by atoms with Crippen molar-refractivity contribution >= 4 is 36.3 Å². The molecule has 20 heteroatoms. The van der Waals surface area contributed by atoms with E-state index in [1.807, 2.05) is 0 Å². The van der Waals surface area contributed by atoms with E-state index in [0.29, 0.717) is 49.3 Å². The maximum absolute atomic E-state index is 14.0. The van der Waals surface area contributed by atoms with Crippen LogP contribution in [0.4, 0.5) is 26.3 Å². The van der Waals surface area contributed by atoms with Crippen LogP contribution in [0.3, 0.4) is 0 Å². The van der Waals surface area contributed by atoms with E-state index in [2.05, 4.69) is 10.8 Å². The summed E-state index contributed by atoms with van der Waals surface area (Å²) in [5, 5.41) is -13.8. The highest BCUT2D eigenvalue weighted by Gasteiger charge is 2.83. The number of carbonyl (C=O) groups excluding carboxylic acids is 1. The van der Waals surface area contributed by atoms with E-state index in [-0.39, 0.29) is 12.6 Å². The normalized spacial score (nSPS) is 13.2. The number of esters is 1. The second-order valence-corrected chi connectivity index (χ2v) is 17.3. The molecule has 0 heterocycles. The van der Waals surface area contributed by atoms with E-state index in [9.17, 15) is 56.4 Å². The number of rotatable bonds is 30. The van der Waals surface area contributed by atoms with Crippen molar-refractivity contribution in [2.24, 2.45) is 0 Å². The van der Waals surface area contributed by atoms with Gasteiger partial charge < -0.3 is 8.92 Å². The molecule has 0 bridgehead atoms. The highest BCUT2D eigenvalue weighted by molar-refractivity contribution is 7.89. The zero-order chi connectivity index (χ0) is 40.4. The van der Waals surface area contributed by atoms with Crippen LogP contribution in [0.25, 0.3) is 0 Å². The quantitative estimate of drug-likeness (QED) is 0.0196. The molecule has 0 spiro atoms. The number of halogens is 6. The van der Waals surface area contributed by atoms with Gasteiger partial charge in [0.05, 0.1) is 18.1 Å². The summed E-state index contributed by atoms with van der Waals surface area (Å²) >= 11 is 0. The molecular weight excluding hydrogens is 783 g/mol. The average Bonchev–Trinajstić information content (AvgIpc) is 3.06. The minimum Gasteiger partial charge on any atom is -0.462 e. The molecule has 0 amide bonds. The van der Waals surface area contributed by atoms with E-state index in [1.54, 1.807) is 6.92 Å². The molecule has 0 aliphatic heterocycles. The van der Waals surface area contributed by atoms with Crippen molar-refractivity contribution in [2.45, 2.75) is 144 Å². The summed E-state index contributed by atoms with van der Waals surface area (Å²) in [6.45, 7) is 5.43. The molecule has 1 aromatic rings. The van der Waals surface area contributed by atoms with Gasteiger partial charge in [-0.15, -0.1) is 0 Å². The van der Waals surface area contributed by atoms with E-state index < -0.39 is 57.4 Å². The Morgan fingerprint density at radius 3 is 1.34 bits per heavy atom. The van der Waals surface area contributed by atoms with Crippen LogP contribution in [0.5, 0.6) is 5.75 Å². The second kappa shape index (κ2) is 22.2. The van der Waals surface area contributed by atoms with Gasteiger partial charge in [0, 0.05) is 5.57 Å². The molecule has 1 aromatic carbocycles. The standard InChI is InChI=1S/C33H50F6O11S3/c1-27(2)30(40)48-25-19-17-15-13-11-9-7-5-3-4-6-8-10-12-14-16-18-20-26-49-51(41,42)29-23-21-28(22-24-29)50-53(46,47)33(38,39)31(34,35)32(36,37)52(43,44)45/h21-24H,1,3-20,25-26H2,2H3,(H,43,44,45). The van der Waals surface area contributed by atoms with Crippen molar-refractivity contribution in [3.63, 3.8) is 0 Å². The van der Waals surface area contributed by atoms with Gasteiger partial charge in [-0.25, -0.2) is 4.79 Å². The lowest BCUT2D eigenvalue weighted by molar-refractivity contribution is -0.247. The van der Waals surface area contributed by atoms with Crippen LogP contribution >= 0.6 is 0 Å². The molecular formula is C33H50F6O11S3. The van der Waals surface area contributed by atoms with Gasteiger partial charge in [-0.2, -0.15) is 51.6 Å². The van der Waals surface area contributed by atoms with Crippen molar-refractivity contribution in [3.05, 3.63) is 36.4 Å². The zero-order valence-electron chi connectivity index (χ0n) is 29.7. The average molecular weight is 833 g/mol. The van der Waals surface area contributed by atoms with Crippen molar-refractivity contribution in [1.82, 2.24) is 0 Å². The topological polar surface area (TPSA) is 167 Å². The van der Waals surface area contributed by atoms with E-state index in [1.165, 1.54) is 51.4 Å². The Morgan fingerprint density at radius 2 is 0.981 bits per heavy atom. The molecule has 53 heavy (non-hydrogen) atoms. The molecule has 0 aliphatic rings. The fraction of sp³-hybridized carbons (Fsp3) is 0.727.